The highest BCUT2D eigenvalue weighted by molar-refractivity contribution is 4.83. The van der Waals surface area contributed by atoms with Crippen molar-refractivity contribution in [2.45, 2.75) is 44.8 Å². The van der Waals surface area contributed by atoms with E-state index >= 15 is 0 Å². The van der Waals surface area contributed by atoms with Gasteiger partial charge in [-0.05, 0) is 26.2 Å². The van der Waals surface area contributed by atoms with Crippen LogP contribution in [0.3, 0.4) is 0 Å². The fourth-order valence-corrected chi connectivity index (χ4v) is 1.64. The van der Waals surface area contributed by atoms with E-state index in [-0.39, 0.29) is 5.60 Å². The molecule has 1 N–H and O–H groups in total. The second kappa shape index (κ2) is 4.21. The highest BCUT2D eigenvalue weighted by atomic mass is 16.6. The first kappa shape index (κ1) is 9.96. The van der Waals surface area contributed by atoms with Crippen molar-refractivity contribution in [1.82, 2.24) is 5.48 Å². The Morgan fingerprint density at radius 1 is 1.67 bits per heavy atom. The van der Waals surface area contributed by atoms with E-state index in [4.69, 9.17) is 9.57 Å². The van der Waals surface area contributed by atoms with Crippen LogP contribution < -0.4 is 5.48 Å². The summed E-state index contributed by atoms with van der Waals surface area (Å²) >= 11 is 0. The van der Waals surface area contributed by atoms with Crippen molar-refractivity contribution in [2.24, 2.45) is 0 Å². The van der Waals surface area contributed by atoms with Crippen LogP contribution in [0.15, 0.2) is 0 Å². The molecule has 0 aromatic carbocycles. The van der Waals surface area contributed by atoms with Crippen LogP contribution in [0.1, 0.15) is 33.1 Å². The molecule has 1 fully saturated rings. The van der Waals surface area contributed by atoms with Crippen LogP contribution >= 0.6 is 0 Å². The molecule has 0 aliphatic carbocycles. The maximum absolute atomic E-state index is 5.70. The number of hydroxylamine groups is 1. The van der Waals surface area contributed by atoms with Crippen LogP contribution in [0.4, 0.5) is 0 Å². The van der Waals surface area contributed by atoms with Crippen LogP contribution in [-0.2, 0) is 9.57 Å². The fraction of sp³-hybridized carbons (Fsp3) is 1.00. The van der Waals surface area contributed by atoms with Crippen molar-refractivity contribution in [1.29, 1.82) is 0 Å². The fourth-order valence-electron chi connectivity index (χ4n) is 1.64. The molecule has 12 heavy (non-hydrogen) atoms. The third-order valence-electron chi connectivity index (χ3n) is 2.63. The molecule has 3 heteroatoms. The molecule has 0 radical (unpaired) electrons. The summed E-state index contributed by atoms with van der Waals surface area (Å²) in [6.07, 6.45) is 3.15. The van der Waals surface area contributed by atoms with Crippen LogP contribution in [0.2, 0.25) is 0 Å². The molecule has 0 aromatic heterocycles. The van der Waals surface area contributed by atoms with E-state index in [1.165, 1.54) is 0 Å². The molecule has 1 heterocycles. The lowest BCUT2D eigenvalue weighted by molar-refractivity contribution is -0.0983. The number of ether oxygens (including phenoxy) is 1. The van der Waals surface area contributed by atoms with Crippen molar-refractivity contribution in [3.8, 4) is 0 Å². The molecule has 2 atom stereocenters. The minimum absolute atomic E-state index is 0.0500. The topological polar surface area (TPSA) is 30.5 Å². The Morgan fingerprint density at radius 3 is 3.00 bits per heavy atom. The van der Waals surface area contributed by atoms with Crippen molar-refractivity contribution in [2.75, 3.05) is 13.7 Å². The van der Waals surface area contributed by atoms with Gasteiger partial charge in [0, 0.05) is 12.6 Å². The SMILES string of the molecule is CCC1(C)CC(NOC)CCO1. The Bertz CT molecular complexity index is 138. The van der Waals surface area contributed by atoms with Gasteiger partial charge in [-0.3, -0.25) is 0 Å². The van der Waals surface area contributed by atoms with E-state index in [2.05, 4.69) is 19.3 Å². The Morgan fingerprint density at radius 2 is 2.42 bits per heavy atom. The second-order valence-electron chi connectivity index (χ2n) is 3.66. The third-order valence-corrected chi connectivity index (χ3v) is 2.63. The van der Waals surface area contributed by atoms with Gasteiger partial charge in [-0.2, -0.15) is 5.48 Å². The molecular formula is C9H19NO2. The lowest BCUT2D eigenvalue weighted by Gasteiger charge is -2.37. The van der Waals surface area contributed by atoms with Crippen LogP contribution in [0, 0.1) is 0 Å². The van der Waals surface area contributed by atoms with E-state index in [0.717, 1.165) is 25.9 Å². The Hall–Kier alpha value is -0.120. The first-order chi connectivity index (χ1) is 5.70. The van der Waals surface area contributed by atoms with E-state index in [1.807, 2.05) is 0 Å². The van der Waals surface area contributed by atoms with Gasteiger partial charge in [-0.1, -0.05) is 6.92 Å². The average Bonchev–Trinajstić information content (AvgIpc) is 2.05. The summed E-state index contributed by atoms with van der Waals surface area (Å²) < 4.78 is 5.70. The Labute approximate surface area is 74.4 Å². The maximum atomic E-state index is 5.70. The van der Waals surface area contributed by atoms with Crippen LogP contribution in [0.25, 0.3) is 0 Å². The summed E-state index contributed by atoms with van der Waals surface area (Å²) in [6, 6.07) is 0.452. The van der Waals surface area contributed by atoms with Crippen molar-refractivity contribution in [3.63, 3.8) is 0 Å². The maximum Gasteiger partial charge on any atom is 0.0667 e. The molecule has 1 aliphatic rings. The van der Waals surface area contributed by atoms with Gasteiger partial charge in [0.1, 0.15) is 0 Å². The lowest BCUT2D eigenvalue weighted by Crippen LogP contribution is -2.44. The third kappa shape index (κ3) is 2.44. The molecule has 0 spiro atoms. The number of nitrogens with one attached hydrogen (secondary N) is 1. The van der Waals surface area contributed by atoms with Gasteiger partial charge in [0.25, 0.3) is 0 Å². The van der Waals surface area contributed by atoms with Crippen molar-refractivity contribution < 1.29 is 9.57 Å². The molecular weight excluding hydrogens is 154 g/mol. The molecule has 0 amide bonds. The quantitative estimate of drug-likeness (QED) is 0.656. The smallest absolute Gasteiger partial charge is 0.0667 e. The normalized spacial score (nSPS) is 36.8. The summed E-state index contributed by atoms with van der Waals surface area (Å²) in [6.45, 7) is 5.16. The summed E-state index contributed by atoms with van der Waals surface area (Å²) in [5.41, 5.74) is 3.04. The van der Waals surface area contributed by atoms with Crippen molar-refractivity contribution in [3.05, 3.63) is 0 Å². The highest BCUT2D eigenvalue weighted by Gasteiger charge is 2.31. The monoisotopic (exact) mass is 173 g/mol. The molecule has 2 unspecified atom stereocenters. The predicted octanol–water partition coefficient (Wildman–Crippen LogP) is 1.49. The number of hydrogen-bond donors (Lipinski definition) is 1. The van der Waals surface area contributed by atoms with E-state index in [0.29, 0.717) is 6.04 Å². The Balaban J connectivity index is 2.39. The van der Waals surface area contributed by atoms with Crippen LogP contribution in [-0.4, -0.2) is 25.4 Å². The predicted molar refractivity (Wildman–Crippen MR) is 47.8 cm³/mol. The largest absolute Gasteiger partial charge is 0.375 e. The van der Waals surface area contributed by atoms with E-state index < -0.39 is 0 Å². The average molecular weight is 173 g/mol. The molecule has 0 bridgehead atoms. The molecule has 3 nitrogen and oxygen atoms in total. The molecule has 1 aliphatic heterocycles. The number of rotatable bonds is 3. The zero-order chi connectivity index (χ0) is 9.03. The molecule has 1 saturated heterocycles. The van der Waals surface area contributed by atoms with Crippen LogP contribution in [0.5, 0.6) is 0 Å². The Kier molecular flexibility index (Phi) is 3.50. The first-order valence-corrected chi connectivity index (χ1v) is 4.62. The van der Waals surface area contributed by atoms with Gasteiger partial charge < -0.3 is 9.57 Å². The zero-order valence-electron chi connectivity index (χ0n) is 8.22. The summed E-state index contributed by atoms with van der Waals surface area (Å²) in [4.78, 5) is 4.91. The number of hydrogen-bond acceptors (Lipinski definition) is 3. The van der Waals surface area contributed by atoms with Gasteiger partial charge in [-0.15, -0.1) is 0 Å². The summed E-state index contributed by atoms with van der Waals surface area (Å²) in [7, 11) is 1.67. The van der Waals surface area contributed by atoms with Gasteiger partial charge >= 0.3 is 0 Å². The summed E-state index contributed by atoms with van der Waals surface area (Å²) in [5, 5.41) is 0. The minimum Gasteiger partial charge on any atom is -0.375 e. The minimum atomic E-state index is 0.0500. The van der Waals surface area contributed by atoms with E-state index in [9.17, 15) is 0 Å². The highest BCUT2D eigenvalue weighted by Crippen LogP contribution is 2.27. The lowest BCUT2D eigenvalue weighted by atomic mass is 9.90. The van der Waals surface area contributed by atoms with Gasteiger partial charge in [0.2, 0.25) is 0 Å². The standard InChI is InChI=1S/C9H19NO2/c1-4-9(2)7-8(10-11-3)5-6-12-9/h8,10H,4-7H2,1-3H3. The second-order valence-corrected chi connectivity index (χ2v) is 3.66. The molecule has 0 saturated carbocycles. The zero-order valence-corrected chi connectivity index (χ0v) is 8.22. The molecule has 1 rings (SSSR count). The summed E-state index contributed by atoms with van der Waals surface area (Å²) in [5.74, 6) is 0. The van der Waals surface area contributed by atoms with Gasteiger partial charge in [-0.25, -0.2) is 0 Å². The van der Waals surface area contributed by atoms with Crippen molar-refractivity contribution >= 4 is 0 Å². The van der Waals surface area contributed by atoms with Gasteiger partial charge in [0.15, 0.2) is 0 Å². The molecule has 72 valence electrons. The van der Waals surface area contributed by atoms with E-state index in [1.54, 1.807) is 7.11 Å². The first-order valence-electron chi connectivity index (χ1n) is 4.62. The molecule has 0 aromatic rings. The van der Waals surface area contributed by atoms with Gasteiger partial charge in [0.05, 0.1) is 12.7 Å².